The van der Waals surface area contributed by atoms with Gasteiger partial charge in [0.2, 0.25) is 11.8 Å². The van der Waals surface area contributed by atoms with Crippen LogP contribution in [0.4, 0.5) is 0 Å². The van der Waals surface area contributed by atoms with Crippen LogP contribution in [0, 0.1) is 5.92 Å². The lowest BCUT2D eigenvalue weighted by Crippen LogP contribution is -2.32. The maximum absolute atomic E-state index is 12.2. The number of carbonyl (C=O) groups excluding carboxylic acids is 1. The van der Waals surface area contributed by atoms with E-state index in [1.54, 1.807) is 6.20 Å². The molecular formula is C26H26N4O2. The summed E-state index contributed by atoms with van der Waals surface area (Å²) in [5.41, 5.74) is 1.78. The van der Waals surface area contributed by atoms with Gasteiger partial charge in [0, 0.05) is 24.0 Å². The highest BCUT2D eigenvalue weighted by Crippen LogP contribution is 2.36. The first-order chi connectivity index (χ1) is 15.8. The summed E-state index contributed by atoms with van der Waals surface area (Å²) in [6.07, 6.45) is 6.27. The minimum absolute atomic E-state index is 0.0856. The molecule has 6 nitrogen and oxygen atoms in total. The molecule has 2 heterocycles. The molecule has 1 aliphatic carbocycles. The molecule has 5 rings (SSSR count). The largest absolute Gasteiger partial charge is 0.419 e. The van der Waals surface area contributed by atoms with Crippen LogP contribution >= 0.6 is 0 Å². The third kappa shape index (κ3) is 4.54. The van der Waals surface area contributed by atoms with E-state index in [0.717, 1.165) is 54.3 Å². The fourth-order valence-corrected chi connectivity index (χ4v) is 4.50. The van der Waals surface area contributed by atoms with Crippen LogP contribution in [0.2, 0.25) is 0 Å². The molecule has 0 bridgehead atoms. The fourth-order valence-electron chi connectivity index (χ4n) is 4.50. The van der Waals surface area contributed by atoms with Crippen LogP contribution in [-0.2, 0) is 11.2 Å². The van der Waals surface area contributed by atoms with E-state index >= 15 is 0 Å². The lowest BCUT2D eigenvalue weighted by atomic mass is 9.82. The number of pyridine rings is 1. The van der Waals surface area contributed by atoms with Crippen LogP contribution < -0.4 is 5.32 Å². The van der Waals surface area contributed by atoms with Gasteiger partial charge in [-0.25, -0.2) is 0 Å². The highest BCUT2D eigenvalue weighted by Gasteiger charge is 2.27. The van der Waals surface area contributed by atoms with Crippen molar-refractivity contribution >= 4 is 16.7 Å². The van der Waals surface area contributed by atoms with Gasteiger partial charge in [0.05, 0.1) is 6.42 Å². The van der Waals surface area contributed by atoms with Crippen molar-refractivity contribution in [3.8, 4) is 11.6 Å². The highest BCUT2D eigenvalue weighted by molar-refractivity contribution is 5.92. The van der Waals surface area contributed by atoms with Crippen molar-refractivity contribution in [1.29, 1.82) is 0 Å². The van der Waals surface area contributed by atoms with Crippen molar-refractivity contribution in [1.82, 2.24) is 20.5 Å². The van der Waals surface area contributed by atoms with Gasteiger partial charge in [0.15, 0.2) is 0 Å². The van der Waals surface area contributed by atoms with E-state index in [9.17, 15) is 4.79 Å². The number of rotatable bonds is 6. The average molecular weight is 427 g/mol. The fraction of sp³-hybridized carbons (Fsp3) is 0.308. The summed E-state index contributed by atoms with van der Waals surface area (Å²) < 4.78 is 6.06. The van der Waals surface area contributed by atoms with E-state index in [2.05, 4.69) is 26.6 Å². The van der Waals surface area contributed by atoms with Crippen LogP contribution in [0.15, 0.2) is 71.3 Å². The summed E-state index contributed by atoms with van der Waals surface area (Å²) in [7, 11) is 0. The second-order valence-electron chi connectivity index (χ2n) is 8.51. The van der Waals surface area contributed by atoms with Gasteiger partial charge < -0.3 is 9.73 Å². The Bertz CT molecular complexity index is 1190. The highest BCUT2D eigenvalue weighted by atomic mass is 16.4. The minimum Gasteiger partial charge on any atom is -0.419 e. The summed E-state index contributed by atoms with van der Waals surface area (Å²) in [6.45, 7) is 0.730. The molecular weight excluding hydrogens is 400 g/mol. The Morgan fingerprint density at radius 1 is 0.938 bits per heavy atom. The molecule has 1 amide bonds. The molecule has 0 spiro atoms. The SMILES string of the molecule is O=C(Cc1ccccc1)NCC1CCC(c2nnc(-c3nccc4ccccc34)o2)CC1. The zero-order chi connectivity index (χ0) is 21.8. The van der Waals surface area contributed by atoms with Crippen molar-refractivity contribution in [2.24, 2.45) is 5.92 Å². The van der Waals surface area contributed by atoms with Crippen LogP contribution in [-0.4, -0.2) is 27.6 Å². The molecule has 0 atom stereocenters. The Labute approximate surface area is 187 Å². The normalized spacial score (nSPS) is 18.5. The predicted octanol–water partition coefficient (Wildman–Crippen LogP) is 4.92. The molecule has 0 radical (unpaired) electrons. The first kappa shape index (κ1) is 20.4. The maximum atomic E-state index is 12.2. The van der Waals surface area contributed by atoms with Gasteiger partial charge in [-0.05, 0) is 48.6 Å². The number of fused-ring (bicyclic) bond motifs is 1. The summed E-state index contributed by atoms with van der Waals surface area (Å²) in [4.78, 5) is 16.7. The number of benzene rings is 2. The molecule has 0 saturated heterocycles. The van der Waals surface area contributed by atoms with Crippen LogP contribution in [0.3, 0.4) is 0 Å². The second-order valence-corrected chi connectivity index (χ2v) is 8.51. The van der Waals surface area contributed by atoms with Gasteiger partial charge in [-0.2, -0.15) is 0 Å². The lowest BCUT2D eigenvalue weighted by Gasteiger charge is -2.26. The van der Waals surface area contributed by atoms with Gasteiger partial charge in [0.1, 0.15) is 5.69 Å². The number of hydrogen-bond acceptors (Lipinski definition) is 5. The zero-order valence-electron chi connectivity index (χ0n) is 17.9. The van der Waals surface area contributed by atoms with E-state index in [1.165, 1.54) is 0 Å². The van der Waals surface area contributed by atoms with Crippen molar-refractivity contribution in [2.45, 2.75) is 38.0 Å². The topological polar surface area (TPSA) is 80.9 Å². The third-order valence-electron chi connectivity index (χ3n) is 6.31. The summed E-state index contributed by atoms with van der Waals surface area (Å²) in [5.74, 6) is 2.02. The van der Waals surface area contributed by atoms with Crippen molar-refractivity contribution in [3.05, 3.63) is 78.3 Å². The van der Waals surface area contributed by atoms with Crippen molar-refractivity contribution < 1.29 is 9.21 Å². The van der Waals surface area contributed by atoms with E-state index < -0.39 is 0 Å². The van der Waals surface area contributed by atoms with Crippen LogP contribution in [0.1, 0.15) is 43.1 Å². The smallest absolute Gasteiger partial charge is 0.266 e. The van der Waals surface area contributed by atoms with Gasteiger partial charge in [-0.3, -0.25) is 9.78 Å². The molecule has 2 aromatic carbocycles. The number of hydrogen-bond donors (Lipinski definition) is 1. The Hall–Kier alpha value is -3.54. The van der Waals surface area contributed by atoms with E-state index in [-0.39, 0.29) is 11.8 Å². The van der Waals surface area contributed by atoms with Crippen molar-refractivity contribution in [2.75, 3.05) is 6.54 Å². The lowest BCUT2D eigenvalue weighted by molar-refractivity contribution is -0.120. The van der Waals surface area contributed by atoms with Crippen molar-refractivity contribution in [3.63, 3.8) is 0 Å². The van der Waals surface area contributed by atoms with Gasteiger partial charge >= 0.3 is 0 Å². The number of nitrogens with zero attached hydrogens (tertiary/aromatic N) is 3. The van der Waals surface area contributed by atoms with Gasteiger partial charge in [-0.15, -0.1) is 10.2 Å². The first-order valence-electron chi connectivity index (χ1n) is 11.2. The van der Waals surface area contributed by atoms with Crippen LogP contribution in [0.25, 0.3) is 22.4 Å². The number of carbonyl (C=O) groups is 1. The Balaban J connectivity index is 1.16. The average Bonchev–Trinajstić information content (AvgIpc) is 3.33. The minimum atomic E-state index is 0.0856. The molecule has 162 valence electrons. The summed E-state index contributed by atoms with van der Waals surface area (Å²) in [6, 6.07) is 19.9. The van der Waals surface area contributed by atoms with Crippen LogP contribution in [0.5, 0.6) is 0 Å². The monoisotopic (exact) mass is 426 g/mol. The standard InChI is InChI=1S/C26H26N4O2/c31-23(16-18-6-2-1-3-7-18)28-17-19-10-12-21(13-11-19)25-29-30-26(32-25)24-22-9-5-4-8-20(22)14-15-27-24/h1-9,14-15,19,21H,10-13,16-17H2,(H,28,31). The molecule has 6 heteroatoms. The predicted molar refractivity (Wildman–Crippen MR) is 123 cm³/mol. The molecule has 1 aliphatic rings. The van der Waals surface area contributed by atoms with Gasteiger partial charge in [0.25, 0.3) is 5.89 Å². The molecule has 0 unspecified atom stereocenters. The maximum Gasteiger partial charge on any atom is 0.266 e. The number of amides is 1. The molecule has 1 saturated carbocycles. The Morgan fingerprint density at radius 3 is 2.56 bits per heavy atom. The van der Waals surface area contributed by atoms with E-state index in [0.29, 0.717) is 24.1 Å². The Morgan fingerprint density at radius 2 is 1.72 bits per heavy atom. The van der Waals surface area contributed by atoms with Gasteiger partial charge in [-0.1, -0.05) is 54.6 Å². The molecule has 0 aliphatic heterocycles. The van der Waals surface area contributed by atoms with E-state index in [1.807, 2.05) is 54.6 Å². The quantitative estimate of drug-likeness (QED) is 0.473. The molecule has 2 aromatic heterocycles. The number of aromatic nitrogens is 3. The molecule has 32 heavy (non-hydrogen) atoms. The zero-order valence-corrected chi connectivity index (χ0v) is 17.9. The second kappa shape index (κ2) is 9.30. The first-order valence-corrected chi connectivity index (χ1v) is 11.2. The van der Waals surface area contributed by atoms with E-state index in [4.69, 9.17) is 4.42 Å². The molecule has 1 N–H and O–H groups in total. The molecule has 1 fully saturated rings. The summed E-state index contributed by atoms with van der Waals surface area (Å²) in [5, 5.41) is 13.9. The molecule has 4 aromatic rings. The number of nitrogens with one attached hydrogen (secondary N) is 1. The third-order valence-corrected chi connectivity index (χ3v) is 6.31. The Kier molecular flexibility index (Phi) is 5.92. The summed E-state index contributed by atoms with van der Waals surface area (Å²) >= 11 is 0.